The third kappa shape index (κ3) is 1.76. The first kappa shape index (κ1) is 11.8. The average Bonchev–Trinajstić information content (AvgIpc) is 2.71. The van der Waals surface area contributed by atoms with Crippen LogP contribution in [0.3, 0.4) is 0 Å². The highest BCUT2D eigenvalue weighted by atomic mass is 35.5. The second-order valence-electron chi connectivity index (χ2n) is 5.16. The highest BCUT2D eigenvalue weighted by Gasteiger charge is 2.41. The van der Waals surface area contributed by atoms with Crippen molar-refractivity contribution in [3.63, 3.8) is 0 Å². The SMILES string of the molecule is CC1(C(=O)NC2COc3c(Cl)cccc32)CNC1. The molecule has 4 nitrogen and oxygen atoms in total. The zero-order valence-corrected chi connectivity index (χ0v) is 10.9. The monoisotopic (exact) mass is 266 g/mol. The van der Waals surface area contributed by atoms with Gasteiger partial charge in [-0.25, -0.2) is 0 Å². The lowest BCUT2D eigenvalue weighted by atomic mass is 9.83. The van der Waals surface area contributed by atoms with Gasteiger partial charge < -0.3 is 15.4 Å². The van der Waals surface area contributed by atoms with Gasteiger partial charge in [0.05, 0.1) is 16.5 Å². The maximum atomic E-state index is 12.2. The number of para-hydroxylation sites is 1. The van der Waals surface area contributed by atoms with Gasteiger partial charge in [-0.2, -0.15) is 0 Å². The number of amides is 1. The van der Waals surface area contributed by atoms with Gasteiger partial charge in [-0.15, -0.1) is 0 Å². The average molecular weight is 267 g/mol. The minimum atomic E-state index is -0.290. The van der Waals surface area contributed by atoms with E-state index in [0.717, 1.165) is 18.7 Å². The number of carbonyl (C=O) groups excluding carboxylic acids is 1. The van der Waals surface area contributed by atoms with Crippen LogP contribution in [-0.2, 0) is 4.79 Å². The molecule has 0 spiro atoms. The third-order valence-corrected chi connectivity index (χ3v) is 3.95. The highest BCUT2D eigenvalue weighted by Crippen LogP contribution is 2.38. The van der Waals surface area contributed by atoms with Crippen LogP contribution in [-0.4, -0.2) is 25.6 Å². The van der Waals surface area contributed by atoms with Crippen LogP contribution in [0.25, 0.3) is 0 Å². The van der Waals surface area contributed by atoms with Crippen LogP contribution in [0.15, 0.2) is 18.2 Å². The van der Waals surface area contributed by atoms with Crippen molar-refractivity contribution in [2.24, 2.45) is 5.41 Å². The number of rotatable bonds is 2. The first-order valence-electron chi connectivity index (χ1n) is 6.03. The molecule has 96 valence electrons. The molecule has 0 aliphatic carbocycles. The van der Waals surface area contributed by atoms with Gasteiger partial charge >= 0.3 is 0 Å². The molecule has 2 aliphatic heterocycles. The molecule has 2 N–H and O–H groups in total. The van der Waals surface area contributed by atoms with Crippen molar-refractivity contribution in [1.82, 2.24) is 10.6 Å². The van der Waals surface area contributed by atoms with Crippen molar-refractivity contribution in [3.8, 4) is 5.75 Å². The lowest BCUT2D eigenvalue weighted by Gasteiger charge is -2.38. The second kappa shape index (κ2) is 4.14. The largest absolute Gasteiger partial charge is 0.489 e. The van der Waals surface area contributed by atoms with Crippen LogP contribution in [0.5, 0.6) is 5.75 Å². The molecule has 18 heavy (non-hydrogen) atoms. The van der Waals surface area contributed by atoms with Crippen molar-refractivity contribution in [2.45, 2.75) is 13.0 Å². The van der Waals surface area contributed by atoms with Gasteiger partial charge in [0, 0.05) is 18.7 Å². The lowest BCUT2D eigenvalue weighted by Crippen LogP contribution is -2.60. The molecule has 1 aromatic rings. The van der Waals surface area contributed by atoms with Gasteiger partial charge in [0.2, 0.25) is 5.91 Å². The van der Waals surface area contributed by atoms with E-state index in [2.05, 4.69) is 10.6 Å². The minimum absolute atomic E-state index is 0.0719. The number of benzene rings is 1. The Hall–Kier alpha value is -1.26. The Labute approximate surface area is 111 Å². The molecule has 0 bridgehead atoms. The fourth-order valence-electron chi connectivity index (χ4n) is 2.32. The molecule has 0 saturated carbocycles. The standard InChI is InChI=1S/C13H15ClN2O2/c1-13(6-15-7-13)12(17)16-10-5-18-11-8(10)3-2-4-9(11)14/h2-4,10,15H,5-7H2,1H3,(H,16,17). The van der Waals surface area contributed by atoms with E-state index < -0.39 is 0 Å². The Kier molecular flexibility index (Phi) is 2.72. The van der Waals surface area contributed by atoms with Gasteiger partial charge in [0.25, 0.3) is 0 Å². The van der Waals surface area contributed by atoms with E-state index in [1.165, 1.54) is 0 Å². The molecule has 3 rings (SSSR count). The van der Waals surface area contributed by atoms with Gasteiger partial charge in [0.15, 0.2) is 0 Å². The van der Waals surface area contributed by atoms with Gasteiger partial charge in [-0.1, -0.05) is 23.7 Å². The van der Waals surface area contributed by atoms with E-state index in [1.54, 1.807) is 6.07 Å². The summed E-state index contributed by atoms with van der Waals surface area (Å²) in [6, 6.07) is 5.52. The zero-order chi connectivity index (χ0) is 12.8. The summed E-state index contributed by atoms with van der Waals surface area (Å²) < 4.78 is 5.54. The Morgan fingerprint density at radius 3 is 3.00 bits per heavy atom. The molecule has 2 aliphatic rings. The molecule has 1 amide bonds. The summed E-state index contributed by atoms with van der Waals surface area (Å²) in [5.74, 6) is 0.768. The van der Waals surface area contributed by atoms with E-state index >= 15 is 0 Å². The number of nitrogens with one attached hydrogen (secondary N) is 2. The summed E-state index contributed by atoms with van der Waals surface area (Å²) in [5.41, 5.74) is 0.674. The predicted molar refractivity (Wildman–Crippen MR) is 68.8 cm³/mol. The Bertz CT molecular complexity index is 500. The lowest BCUT2D eigenvalue weighted by molar-refractivity contribution is -0.133. The Morgan fingerprint density at radius 2 is 2.33 bits per heavy atom. The quantitative estimate of drug-likeness (QED) is 0.853. The maximum absolute atomic E-state index is 12.2. The van der Waals surface area contributed by atoms with Crippen LogP contribution < -0.4 is 15.4 Å². The topological polar surface area (TPSA) is 50.4 Å². The third-order valence-electron chi connectivity index (χ3n) is 3.65. The van der Waals surface area contributed by atoms with Gasteiger partial charge in [0.1, 0.15) is 12.4 Å². The molecule has 1 unspecified atom stereocenters. The first-order valence-corrected chi connectivity index (χ1v) is 6.41. The normalized spacial score (nSPS) is 23.8. The van der Waals surface area contributed by atoms with Crippen LogP contribution in [0.4, 0.5) is 0 Å². The minimum Gasteiger partial charge on any atom is -0.489 e. The maximum Gasteiger partial charge on any atom is 0.229 e. The number of carbonyl (C=O) groups is 1. The van der Waals surface area contributed by atoms with E-state index in [9.17, 15) is 4.79 Å². The number of hydrogen-bond donors (Lipinski definition) is 2. The van der Waals surface area contributed by atoms with E-state index in [4.69, 9.17) is 16.3 Å². The summed E-state index contributed by atoms with van der Waals surface area (Å²) in [5, 5.41) is 6.76. The molecule has 0 radical (unpaired) electrons. The van der Waals surface area contributed by atoms with E-state index in [-0.39, 0.29) is 17.4 Å². The van der Waals surface area contributed by atoms with Crippen molar-refractivity contribution in [3.05, 3.63) is 28.8 Å². The summed E-state index contributed by atoms with van der Waals surface area (Å²) in [4.78, 5) is 12.2. The molecule has 0 aromatic heterocycles. The van der Waals surface area contributed by atoms with Crippen LogP contribution in [0.2, 0.25) is 5.02 Å². The van der Waals surface area contributed by atoms with Crippen LogP contribution in [0, 0.1) is 5.41 Å². The van der Waals surface area contributed by atoms with Crippen molar-refractivity contribution in [1.29, 1.82) is 0 Å². The Morgan fingerprint density at radius 1 is 1.56 bits per heavy atom. The molecule has 1 aromatic carbocycles. The van der Waals surface area contributed by atoms with Crippen molar-refractivity contribution < 1.29 is 9.53 Å². The molecule has 1 saturated heterocycles. The number of ether oxygens (including phenoxy) is 1. The van der Waals surface area contributed by atoms with Crippen molar-refractivity contribution >= 4 is 17.5 Å². The molecule has 1 atom stereocenters. The molecule has 2 heterocycles. The number of halogens is 1. The van der Waals surface area contributed by atoms with Crippen molar-refractivity contribution in [2.75, 3.05) is 19.7 Å². The fourth-order valence-corrected chi connectivity index (χ4v) is 2.56. The number of hydrogen-bond acceptors (Lipinski definition) is 3. The summed E-state index contributed by atoms with van der Waals surface area (Å²) >= 11 is 6.05. The fraction of sp³-hybridized carbons (Fsp3) is 0.462. The highest BCUT2D eigenvalue weighted by molar-refractivity contribution is 6.32. The molecular formula is C13H15ClN2O2. The molecular weight excluding hydrogens is 252 g/mol. The van der Waals surface area contributed by atoms with E-state index in [1.807, 2.05) is 19.1 Å². The zero-order valence-electron chi connectivity index (χ0n) is 10.1. The predicted octanol–water partition coefficient (Wildman–Crippen LogP) is 1.50. The van der Waals surface area contributed by atoms with E-state index in [0.29, 0.717) is 17.4 Å². The molecule has 5 heteroatoms. The Balaban J connectivity index is 1.77. The van der Waals surface area contributed by atoms with Crippen LogP contribution >= 0.6 is 11.6 Å². The van der Waals surface area contributed by atoms with Gasteiger partial charge in [-0.05, 0) is 13.0 Å². The summed E-state index contributed by atoms with van der Waals surface area (Å²) in [6.45, 7) is 3.88. The smallest absolute Gasteiger partial charge is 0.229 e. The summed E-state index contributed by atoms with van der Waals surface area (Å²) in [7, 11) is 0. The second-order valence-corrected chi connectivity index (χ2v) is 5.57. The number of fused-ring (bicyclic) bond motifs is 1. The first-order chi connectivity index (χ1) is 8.60. The van der Waals surface area contributed by atoms with Gasteiger partial charge in [-0.3, -0.25) is 4.79 Å². The molecule has 1 fully saturated rings. The summed E-state index contributed by atoms with van der Waals surface area (Å²) in [6.07, 6.45) is 0. The van der Waals surface area contributed by atoms with Crippen LogP contribution in [0.1, 0.15) is 18.5 Å².